The second-order valence-corrected chi connectivity index (χ2v) is 9.05. The van der Waals surface area contributed by atoms with Crippen molar-refractivity contribution in [2.45, 2.75) is 19.4 Å². The average molecular weight is 441 g/mol. The Morgan fingerprint density at radius 1 is 1.10 bits per heavy atom. The van der Waals surface area contributed by atoms with Crippen molar-refractivity contribution in [3.63, 3.8) is 0 Å². The Morgan fingerprint density at radius 3 is 2.67 bits per heavy atom. The molecule has 0 saturated heterocycles. The molecule has 1 aliphatic rings. The van der Waals surface area contributed by atoms with E-state index in [9.17, 15) is 0 Å². The van der Waals surface area contributed by atoms with Crippen LogP contribution in [0.1, 0.15) is 23.1 Å². The van der Waals surface area contributed by atoms with E-state index in [1.54, 1.807) is 14.2 Å². The fraction of sp³-hybridized carbons (Fsp3) is 0.375. The molecule has 0 fully saturated rings. The molecule has 4 nitrogen and oxygen atoms in total. The summed E-state index contributed by atoms with van der Waals surface area (Å²) in [6.45, 7) is 3.94. The number of thiocarbonyl (C=S) groups is 1. The van der Waals surface area contributed by atoms with E-state index >= 15 is 0 Å². The van der Waals surface area contributed by atoms with E-state index in [2.05, 4.69) is 52.6 Å². The van der Waals surface area contributed by atoms with Crippen molar-refractivity contribution in [2.75, 3.05) is 40.9 Å². The molecule has 4 rings (SSSR count). The number of hydrogen-bond donors (Lipinski definition) is 0. The third kappa shape index (κ3) is 4.31. The second kappa shape index (κ2) is 9.33. The van der Waals surface area contributed by atoms with Gasteiger partial charge in [-0.25, -0.2) is 0 Å². The highest BCUT2D eigenvalue weighted by Gasteiger charge is 2.26. The number of thiophene rings is 1. The van der Waals surface area contributed by atoms with Gasteiger partial charge in [-0.3, -0.25) is 0 Å². The van der Waals surface area contributed by atoms with Gasteiger partial charge in [-0.1, -0.05) is 30.4 Å². The molecule has 3 aromatic rings. The predicted molar refractivity (Wildman–Crippen MR) is 129 cm³/mol. The Kier molecular flexibility index (Phi) is 6.56. The molecule has 6 heteroatoms. The summed E-state index contributed by atoms with van der Waals surface area (Å²) in [6, 6.07) is 12.7. The lowest BCUT2D eigenvalue weighted by Gasteiger charge is -2.21. The summed E-state index contributed by atoms with van der Waals surface area (Å²) in [5, 5.41) is 3.71. The normalized spacial score (nSPS) is 13.3. The zero-order valence-electron chi connectivity index (χ0n) is 17.8. The third-order valence-corrected chi connectivity index (χ3v) is 7.27. The van der Waals surface area contributed by atoms with Gasteiger partial charge in [-0.05, 0) is 66.5 Å². The van der Waals surface area contributed by atoms with E-state index in [1.165, 1.54) is 21.2 Å². The fourth-order valence-electron chi connectivity index (χ4n) is 4.06. The topological polar surface area (TPSA) is 24.9 Å². The van der Waals surface area contributed by atoms with Gasteiger partial charge in [-0.15, -0.1) is 11.3 Å². The van der Waals surface area contributed by atoms with Crippen molar-refractivity contribution in [1.82, 2.24) is 9.80 Å². The average Bonchev–Trinajstić information content (AvgIpc) is 3.32. The zero-order valence-corrected chi connectivity index (χ0v) is 19.4. The van der Waals surface area contributed by atoms with Gasteiger partial charge < -0.3 is 19.3 Å². The molecule has 1 aromatic heterocycles. The number of ether oxygens (including phenoxy) is 2. The van der Waals surface area contributed by atoms with E-state index in [0.29, 0.717) is 0 Å². The first-order valence-electron chi connectivity index (χ1n) is 10.3. The van der Waals surface area contributed by atoms with Gasteiger partial charge in [0.25, 0.3) is 0 Å². The first-order chi connectivity index (χ1) is 14.6. The standard InChI is InChI=1S/C24H28N2O2S2/c1-25(12-9-17-16-30-23-8-5-4-7-19(17)23)10-6-11-26-15-18-13-21(27-2)22(28-3)14-20(18)24(26)29/h4-5,7-8,13-14,16H,6,9-12,15H2,1-3H3. The molecule has 0 atom stereocenters. The number of benzene rings is 2. The molecule has 2 aromatic carbocycles. The largest absolute Gasteiger partial charge is 0.493 e. The first-order valence-corrected chi connectivity index (χ1v) is 11.6. The molecule has 0 radical (unpaired) electrons. The number of nitrogens with zero attached hydrogens (tertiary/aromatic N) is 2. The number of methoxy groups -OCH3 is 2. The van der Waals surface area contributed by atoms with E-state index in [1.807, 2.05) is 17.4 Å². The van der Waals surface area contributed by atoms with Crippen LogP contribution < -0.4 is 9.47 Å². The van der Waals surface area contributed by atoms with Crippen LogP contribution >= 0.6 is 23.6 Å². The molecule has 0 saturated carbocycles. The number of hydrogen-bond acceptors (Lipinski definition) is 5. The Bertz CT molecular complexity index is 1050. The number of rotatable bonds is 9. The quantitative estimate of drug-likeness (QED) is 0.437. The van der Waals surface area contributed by atoms with E-state index in [-0.39, 0.29) is 0 Å². The molecule has 2 heterocycles. The highest BCUT2D eigenvalue weighted by atomic mass is 32.1. The Labute approximate surface area is 188 Å². The first kappa shape index (κ1) is 21.1. The van der Waals surface area contributed by atoms with Crippen LogP contribution in [0.15, 0.2) is 41.8 Å². The van der Waals surface area contributed by atoms with E-state index in [0.717, 1.165) is 61.1 Å². The Morgan fingerprint density at radius 2 is 1.87 bits per heavy atom. The SMILES string of the molecule is COc1cc2c(cc1OC)C(=S)N(CCCN(C)CCc1csc3ccccc13)C2. The Hall–Kier alpha value is -2.15. The number of fused-ring (bicyclic) bond motifs is 2. The lowest BCUT2D eigenvalue weighted by atomic mass is 10.1. The van der Waals surface area contributed by atoms with Crippen molar-refractivity contribution in [3.8, 4) is 11.5 Å². The van der Waals surface area contributed by atoms with Gasteiger partial charge in [-0.2, -0.15) is 0 Å². The van der Waals surface area contributed by atoms with Crippen LogP contribution in [0.4, 0.5) is 0 Å². The molecule has 0 spiro atoms. The predicted octanol–water partition coefficient (Wildman–Crippen LogP) is 4.97. The summed E-state index contributed by atoms with van der Waals surface area (Å²) in [7, 11) is 5.54. The summed E-state index contributed by atoms with van der Waals surface area (Å²) < 4.78 is 12.2. The lowest BCUT2D eigenvalue weighted by molar-refractivity contribution is 0.310. The summed E-state index contributed by atoms with van der Waals surface area (Å²) in [6.07, 6.45) is 2.18. The fourth-order valence-corrected chi connectivity index (χ4v) is 5.40. The van der Waals surface area contributed by atoms with Crippen molar-refractivity contribution in [1.29, 1.82) is 0 Å². The molecular formula is C24H28N2O2S2. The van der Waals surface area contributed by atoms with Crippen molar-refractivity contribution < 1.29 is 9.47 Å². The molecule has 0 bridgehead atoms. The van der Waals surface area contributed by atoms with Crippen LogP contribution in [0.3, 0.4) is 0 Å². The molecule has 0 N–H and O–H groups in total. The van der Waals surface area contributed by atoms with E-state index < -0.39 is 0 Å². The van der Waals surface area contributed by atoms with Gasteiger partial charge in [0.1, 0.15) is 4.99 Å². The molecule has 0 unspecified atom stereocenters. The lowest BCUT2D eigenvalue weighted by Crippen LogP contribution is -2.29. The van der Waals surface area contributed by atoms with Crippen LogP contribution in [-0.2, 0) is 13.0 Å². The molecular weight excluding hydrogens is 412 g/mol. The van der Waals surface area contributed by atoms with Crippen molar-refractivity contribution in [2.24, 2.45) is 0 Å². The molecule has 158 valence electrons. The maximum absolute atomic E-state index is 5.73. The maximum atomic E-state index is 5.73. The highest BCUT2D eigenvalue weighted by Crippen LogP contribution is 2.35. The van der Waals surface area contributed by atoms with Gasteiger partial charge in [0.2, 0.25) is 0 Å². The van der Waals surface area contributed by atoms with Gasteiger partial charge in [0.05, 0.1) is 14.2 Å². The molecule has 0 aliphatic carbocycles. The summed E-state index contributed by atoms with van der Waals surface area (Å²) in [4.78, 5) is 5.63. The molecule has 30 heavy (non-hydrogen) atoms. The van der Waals surface area contributed by atoms with Crippen LogP contribution in [0.5, 0.6) is 11.5 Å². The van der Waals surface area contributed by atoms with Crippen molar-refractivity contribution >= 4 is 38.6 Å². The van der Waals surface area contributed by atoms with Gasteiger partial charge in [0, 0.05) is 29.9 Å². The van der Waals surface area contributed by atoms with Crippen LogP contribution in [0.25, 0.3) is 10.1 Å². The zero-order chi connectivity index (χ0) is 21.1. The van der Waals surface area contributed by atoms with E-state index in [4.69, 9.17) is 21.7 Å². The smallest absolute Gasteiger partial charge is 0.161 e. The molecule has 1 aliphatic heterocycles. The van der Waals surface area contributed by atoms with Crippen molar-refractivity contribution in [3.05, 3.63) is 58.5 Å². The van der Waals surface area contributed by atoms with Crippen LogP contribution in [-0.4, -0.2) is 55.7 Å². The Balaban J connectivity index is 1.27. The van der Waals surface area contributed by atoms with Crippen LogP contribution in [0.2, 0.25) is 0 Å². The highest BCUT2D eigenvalue weighted by molar-refractivity contribution is 7.80. The minimum absolute atomic E-state index is 0.737. The molecule has 0 amide bonds. The van der Waals surface area contributed by atoms with Gasteiger partial charge >= 0.3 is 0 Å². The second-order valence-electron chi connectivity index (χ2n) is 7.75. The monoisotopic (exact) mass is 440 g/mol. The van der Waals surface area contributed by atoms with Crippen LogP contribution in [0, 0.1) is 0 Å². The summed E-state index contributed by atoms with van der Waals surface area (Å²) in [5.74, 6) is 1.50. The maximum Gasteiger partial charge on any atom is 0.161 e. The summed E-state index contributed by atoms with van der Waals surface area (Å²) >= 11 is 7.57. The minimum Gasteiger partial charge on any atom is -0.493 e. The third-order valence-electron chi connectivity index (χ3n) is 5.78. The summed E-state index contributed by atoms with van der Waals surface area (Å²) in [5.41, 5.74) is 3.78. The number of likely N-dealkylation sites (N-methyl/N-ethyl adjacent to an activating group) is 1. The van der Waals surface area contributed by atoms with Gasteiger partial charge in [0.15, 0.2) is 11.5 Å². The minimum atomic E-state index is 0.737.